The lowest BCUT2D eigenvalue weighted by Gasteiger charge is -2.09. The van der Waals surface area contributed by atoms with E-state index >= 15 is 0 Å². The second-order valence-corrected chi connectivity index (χ2v) is 6.77. The topological polar surface area (TPSA) is 43.4 Å². The first-order valence-electron chi connectivity index (χ1n) is 8.23. The van der Waals surface area contributed by atoms with Crippen LogP contribution in [0.1, 0.15) is 47.7 Å². The Kier molecular flexibility index (Phi) is 7.14. The van der Waals surface area contributed by atoms with Crippen LogP contribution in [-0.4, -0.2) is 18.4 Å². The molecule has 2 aromatic rings. The number of carbonyl (C=O) groups excluding carboxylic acids is 2. The Morgan fingerprint density at radius 2 is 1.88 bits per heavy atom. The van der Waals surface area contributed by atoms with E-state index in [1.807, 2.05) is 36.4 Å². The Bertz CT molecular complexity index is 763. The summed E-state index contributed by atoms with van der Waals surface area (Å²) in [4.78, 5) is 23.9. The molecule has 0 saturated carbocycles. The van der Waals surface area contributed by atoms with Crippen molar-refractivity contribution >= 4 is 33.8 Å². The summed E-state index contributed by atoms with van der Waals surface area (Å²) in [6.45, 7) is 4.02. The molecule has 0 heterocycles. The zero-order valence-corrected chi connectivity index (χ0v) is 16.0. The SMILES string of the molecule is CC[C@@H](C)c1ccc(C(=O)COC(=O)/C=C/c2cccc(Br)c2)cc1. The molecule has 0 radical (unpaired) electrons. The van der Waals surface area contributed by atoms with Gasteiger partial charge in [-0.2, -0.15) is 0 Å². The van der Waals surface area contributed by atoms with E-state index in [-0.39, 0.29) is 12.4 Å². The molecule has 0 fully saturated rings. The minimum atomic E-state index is -0.537. The molecule has 25 heavy (non-hydrogen) atoms. The fourth-order valence-electron chi connectivity index (χ4n) is 2.28. The predicted molar refractivity (Wildman–Crippen MR) is 104 cm³/mol. The van der Waals surface area contributed by atoms with Crippen molar-refractivity contribution in [3.05, 3.63) is 75.8 Å². The molecule has 2 rings (SSSR count). The monoisotopic (exact) mass is 400 g/mol. The standard InChI is InChI=1S/C21H21BrO3/c1-3-15(2)17-8-10-18(11-9-17)20(23)14-25-21(24)12-7-16-5-4-6-19(22)13-16/h4-13,15H,3,14H2,1-2H3/b12-7+/t15-/m1/s1. The highest BCUT2D eigenvalue weighted by Gasteiger charge is 2.10. The van der Waals surface area contributed by atoms with Crippen molar-refractivity contribution in [3.63, 3.8) is 0 Å². The molecule has 0 N–H and O–H groups in total. The Hall–Kier alpha value is -2.20. The summed E-state index contributed by atoms with van der Waals surface area (Å²) in [5.41, 5.74) is 2.63. The fourth-order valence-corrected chi connectivity index (χ4v) is 2.69. The lowest BCUT2D eigenvalue weighted by Crippen LogP contribution is -2.12. The van der Waals surface area contributed by atoms with Crippen molar-refractivity contribution in [1.82, 2.24) is 0 Å². The minimum absolute atomic E-state index is 0.208. The summed E-state index contributed by atoms with van der Waals surface area (Å²) >= 11 is 3.37. The van der Waals surface area contributed by atoms with Gasteiger partial charge in [-0.15, -0.1) is 0 Å². The van der Waals surface area contributed by atoms with Gasteiger partial charge in [-0.1, -0.05) is 66.2 Å². The highest BCUT2D eigenvalue weighted by atomic mass is 79.9. The van der Waals surface area contributed by atoms with Crippen molar-refractivity contribution < 1.29 is 14.3 Å². The third kappa shape index (κ3) is 5.98. The molecule has 4 heteroatoms. The zero-order valence-electron chi connectivity index (χ0n) is 14.4. The van der Waals surface area contributed by atoms with E-state index in [2.05, 4.69) is 29.8 Å². The number of carbonyl (C=O) groups is 2. The summed E-state index contributed by atoms with van der Waals surface area (Å²) in [5, 5.41) is 0. The average molecular weight is 401 g/mol. The van der Waals surface area contributed by atoms with E-state index in [1.165, 1.54) is 11.6 Å². The third-order valence-electron chi connectivity index (χ3n) is 4.02. The van der Waals surface area contributed by atoms with Crippen molar-refractivity contribution in [1.29, 1.82) is 0 Å². The Balaban J connectivity index is 1.87. The first-order chi connectivity index (χ1) is 12.0. The second kappa shape index (κ2) is 9.33. The molecule has 0 amide bonds. The van der Waals surface area contributed by atoms with E-state index in [4.69, 9.17) is 4.74 Å². The number of hydrogen-bond acceptors (Lipinski definition) is 3. The van der Waals surface area contributed by atoms with E-state index in [0.29, 0.717) is 11.5 Å². The third-order valence-corrected chi connectivity index (χ3v) is 4.51. The average Bonchev–Trinajstić information content (AvgIpc) is 2.64. The summed E-state index contributed by atoms with van der Waals surface area (Å²) in [7, 11) is 0. The molecule has 0 aliphatic carbocycles. The van der Waals surface area contributed by atoms with Gasteiger partial charge in [0.15, 0.2) is 12.4 Å². The number of ether oxygens (including phenoxy) is 1. The number of benzene rings is 2. The van der Waals surface area contributed by atoms with Gasteiger partial charge in [-0.25, -0.2) is 4.79 Å². The largest absolute Gasteiger partial charge is 0.454 e. The lowest BCUT2D eigenvalue weighted by atomic mass is 9.97. The van der Waals surface area contributed by atoms with Crippen LogP contribution in [0.4, 0.5) is 0 Å². The normalized spacial score (nSPS) is 12.1. The van der Waals surface area contributed by atoms with Crippen molar-refractivity contribution in [2.45, 2.75) is 26.2 Å². The molecule has 0 aliphatic rings. The van der Waals surface area contributed by atoms with Gasteiger partial charge < -0.3 is 4.74 Å². The van der Waals surface area contributed by atoms with Crippen LogP contribution in [0, 0.1) is 0 Å². The van der Waals surface area contributed by atoms with Crippen molar-refractivity contribution in [2.75, 3.05) is 6.61 Å². The van der Waals surface area contributed by atoms with Gasteiger partial charge in [-0.05, 0) is 41.7 Å². The van der Waals surface area contributed by atoms with Crippen LogP contribution in [0.5, 0.6) is 0 Å². The van der Waals surface area contributed by atoms with Crippen LogP contribution in [0.25, 0.3) is 6.08 Å². The van der Waals surface area contributed by atoms with Crippen LogP contribution in [-0.2, 0) is 9.53 Å². The molecule has 0 aliphatic heterocycles. The van der Waals surface area contributed by atoms with Gasteiger partial charge in [0, 0.05) is 16.1 Å². The Morgan fingerprint density at radius 1 is 1.16 bits per heavy atom. The number of Topliss-reactive ketones (excluding diaryl/α,β-unsaturated/α-hetero) is 1. The molecule has 2 aromatic carbocycles. The molecule has 0 spiro atoms. The maximum absolute atomic E-state index is 12.1. The number of hydrogen-bond donors (Lipinski definition) is 0. The zero-order chi connectivity index (χ0) is 18.2. The molecule has 0 bridgehead atoms. The van der Waals surface area contributed by atoms with Crippen molar-refractivity contribution in [3.8, 4) is 0 Å². The van der Waals surface area contributed by atoms with Crippen LogP contribution in [0.2, 0.25) is 0 Å². The van der Waals surface area contributed by atoms with E-state index in [0.717, 1.165) is 16.5 Å². The van der Waals surface area contributed by atoms with Gasteiger partial charge in [0.2, 0.25) is 0 Å². The van der Waals surface area contributed by atoms with Gasteiger partial charge >= 0.3 is 5.97 Å². The second-order valence-electron chi connectivity index (χ2n) is 5.85. The van der Waals surface area contributed by atoms with Crippen molar-refractivity contribution in [2.24, 2.45) is 0 Å². The number of esters is 1. The molecule has 130 valence electrons. The summed E-state index contributed by atoms with van der Waals surface area (Å²) in [6, 6.07) is 15.0. The number of ketones is 1. The maximum Gasteiger partial charge on any atom is 0.331 e. The number of halogens is 1. The number of rotatable bonds is 7. The first-order valence-corrected chi connectivity index (χ1v) is 9.02. The summed E-state index contributed by atoms with van der Waals surface area (Å²) < 4.78 is 5.95. The summed E-state index contributed by atoms with van der Waals surface area (Å²) in [6.07, 6.45) is 4.02. The quantitative estimate of drug-likeness (QED) is 0.354. The van der Waals surface area contributed by atoms with E-state index < -0.39 is 5.97 Å². The highest BCUT2D eigenvalue weighted by molar-refractivity contribution is 9.10. The lowest BCUT2D eigenvalue weighted by molar-refractivity contribution is -0.136. The van der Waals surface area contributed by atoms with Gasteiger partial charge in [0.25, 0.3) is 0 Å². The smallest absolute Gasteiger partial charge is 0.331 e. The molecule has 0 unspecified atom stereocenters. The molecule has 0 saturated heterocycles. The summed E-state index contributed by atoms with van der Waals surface area (Å²) in [5.74, 6) is -0.283. The fraction of sp³-hybridized carbons (Fsp3) is 0.238. The molecule has 0 aromatic heterocycles. The van der Waals surface area contributed by atoms with Crippen LogP contribution >= 0.6 is 15.9 Å². The molecule has 1 atom stereocenters. The predicted octanol–water partition coefficient (Wildman–Crippen LogP) is 5.40. The maximum atomic E-state index is 12.1. The molecule has 3 nitrogen and oxygen atoms in total. The van der Waals surface area contributed by atoms with Crippen LogP contribution < -0.4 is 0 Å². The Morgan fingerprint density at radius 3 is 2.52 bits per heavy atom. The molecular weight excluding hydrogens is 380 g/mol. The minimum Gasteiger partial charge on any atom is -0.454 e. The van der Waals surface area contributed by atoms with Gasteiger partial charge in [0.05, 0.1) is 0 Å². The Labute approximate surface area is 156 Å². The van der Waals surface area contributed by atoms with E-state index in [9.17, 15) is 9.59 Å². The van der Waals surface area contributed by atoms with Gasteiger partial charge in [-0.3, -0.25) is 4.79 Å². The molecular formula is C21H21BrO3. The van der Waals surface area contributed by atoms with Crippen LogP contribution in [0.3, 0.4) is 0 Å². The van der Waals surface area contributed by atoms with E-state index in [1.54, 1.807) is 18.2 Å². The first kappa shape index (κ1) is 19.1. The van der Waals surface area contributed by atoms with Gasteiger partial charge in [0.1, 0.15) is 0 Å². The highest BCUT2D eigenvalue weighted by Crippen LogP contribution is 2.19. The van der Waals surface area contributed by atoms with Crippen LogP contribution in [0.15, 0.2) is 59.1 Å².